The summed E-state index contributed by atoms with van der Waals surface area (Å²) < 4.78 is 20.8. The first-order valence-corrected chi connectivity index (χ1v) is 25.4. The Kier molecular flexibility index (Phi) is 25.0. The molecule has 3 aliphatic heterocycles. The van der Waals surface area contributed by atoms with Crippen LogP contribution in [0.25, 0.3) is 11.3 Å². The molecule has 8 rings (SSSR count). The van der Waals surface area contributed by atoms with Crippen molar-refractivity contribution in [2.75, 3.05) is 32.5 Å². The van der Waals surface area contributed by atoms with Crippen LogP contribution in [-0.4, -0.2) is 123 Å². The van der Waals surface area contributed by atoms with Gasteiger partial charge in [0.05, 0.1) is 48.1 Å². The summed E-state index contributed by atoms with van der Waals surface area (Å²) in [7, 11) is 1.25. The number of piperidine rings is 3. The summed E-state index contributed by atoms with van der Waals surface area (Å²) >= 11 is 4.55. The number of hydrogen-bond donors (Lipinski definition) is 7. The van der Waals surface area contributed by atoms with E-state index in [4.69, 9.17) is 30.6 Å². The number of rotatable bonds is 6. The fourth-order valence-electron chi connectivity index (χ4n) is 7.97. The summed E-state index contributed by atoms with van der Waals surface area (Å²) in [5, 5.41) is 29.1. The van der Waals surface area contributed by atoms with Gasteiger partial charge in [-0.3, -0.25) is 44.3 Å². The number of carbonyl (C=O) groups is 5. The number of ether oxygens (including phenoxy) is 3. The maximum Gasteiger partial charge on any atom is 0.410 e. The molecular formula is C49H75ClN16O11. The molecule has 5 aromatic rings. The normalized spacial score (nSPS) is 17.7. The Morgan fingerprint density at radius 3 is 1.65 bits per heavy atom. The van der Waals surface area contributed by atoms with Crippen LogP contribution < -0.4 is 22.2 Å². The van der Waals surface area contributed by atoms with Gasteiger partial charge in [0.2, 0.25) is 0 Å². The zero-order chi connectivity index (χ0) is 57.6. The maximum atomic E-state index is 12.5. The first kappa shape index (κ1) is 63.7. The number of nitrogen functional groups attached to an aromatic ring is 1. The number of likely N-dealkylation sites (tertiary alicyclic amines) is 2. The highest BCUT2D eigenvalue weighted by atomic mass is 35.5. The van der Waals surface area contributed by atoms with Crippen molar-refractivity contribution in [2.24, 2.45) is 21.0 Å². The molecule has 4 atom stereocenters. The maximum absolute atomic E-state index is 12.5. The van der Waals surface area contributed by atoms with Crippen LogP contribution in [0.4, 0.5) is 15.4 Å². The second-order valence-electron chi connectivity index (χ2n) is 20.2. The fraction of sp³-hybridized carbons (Fsp3) is 0.592. The van der Waals surface area contributed by atoms with E-state index in [9.17, 15) is 28.8 Å². The number of aryl methyl sites for hydroxylation is 2. The summed E-state index contributed by atoms with van der Waals surface area (Å²) in [6, 6.07) is 5.76. The van der Waals surface area contributed by atoms with Crippen molar-refractivity contribution in [1.29, 1.82) is 5.53 Å². The Morgan fingerprint density at radius 2 is 1.27 bits per heavy atom. The summed E-state index contributed by atoms with van der Waals surface area (Å²) in [5.74, 6) is -1.50. The topological polar surface area (TPSA) is 368 Å². The predicted molar refractivity (Wildman–Crippen MR) is 284 cm³/mol. The lowest BCUT2D eigenvalue weighted by Gasteiger charge is -2.36. The van der Waals surface area contributed by atoms with E-state index in [1.54, 1.807) is 42.1 Å². The third kappa shape index (κ3) is 20.5. The van der Waals surface area contributed by atoms with Gasteiger partial charge in [-0.25, -0.2) is 28.6 Å². The van der Waals surface area contributed by atoms with Gasteiger partial charge in [-0.1, -0.05) is 11.1 Å². The van der Waals surface area contributed by atoms with E-state index in [1.165, 1.54) is 35.9 Å². The molecule has 0 aliphatic carbocycles. The van der Waals surface area contributed by atoms with Crippen LogP contribution in [0.15, 0.2) is 55.3 Å². The molecule has 8 N–H and O–H groups in total. The van der Waals surface area contributed by atoms with E-state index in [2.05, 4.69) is 67.3 Å². The second-order valence-corrected chi connectivity index (χ2v) is 20.3. The van der Waals surface area contributed by atoms with Gasteiger partial charge in [0.1, 0.15) is 29.2 Å². The number of aliphatic carboxylic acids is 1. The average Bonchev–Trinajstić information content (AvgIpc) is 4.16. The highest BCUT2D eigenvalue weighted by molar-refractivity contribution is 6.13. The summed E-state index contributed by atoms with van der Waals surface area (Å²) in [6.07, 6.45) is 12.5. The number of nitrogens with zero attached hydrogens (tertiary/aromatic N) is 10. The number of aromatic nitrogens is 8. The average molecular weight is 1100 g/mol. The van der Waals surface area contributed by atoms with Gasteiger partial charge in [0, 0.05) is 67.8 Å². The van der Waals surface area contributed by atoms with Gasteiger partial charge in [-0.15, -0.1) is 0 Å². The van der Waals surface area contributed by atoms with Gasteiger partial charge in [0.15, 0.2) is 11.3 Å². The number of methoxy groups -OCH3 is 1. The number of aldehydes is 1. The summed E-state index contributed by atoms with van der Waals surface area (Å²) in [4.78, 5) is 90.0. The standard InChI is InChI=1S/C17H24N4O3.C13H22N4O2.C12H16N4O.C5H8O3.C2H4O2.ClHN4/c1-11-10-18-14-9-12(19-21(14)15(11)22)13-7-5-6-8-20(13)16(23)24-17(2,3)4;1-13(2,3)19-12(18)17-7-5-4-6-10(17)9-8-11(14)16-15-9;1-8-7-14-11-6-10(15-16(11)12(8)17)9-4-2-3-5-13-9;1-4(3-6)5(7)8-2;1-2(3)4;1-3-5-4-2/h9-10,13,19H,5-8H2,1-4H3;8,10H,4-7H2,1-3H3,(H3,14,15,16);6-7,9,13,15H,2-5H2,1H3;3-4H,1-2H3;1H3,(H,3,4);2H/t13-;10-;9-;;;/m000.../s1. The minimum Gasteiger partial charge on any atom is -0.481 e. The Balaban J connectivity index is 0.000000267. The van der Waals surface area contributed by atoms with Crippen LogP contribution in [-0.2, 0) is 28.6 Å². The number of fused-ring (bicyclic) bond motifs is 2. The van der Waals surface area contributed by atoms with E-state index in [1.807, 2.05) is 53.7 Å². The van der Waals surface area contributed by atoms with Gasteiger partial charge in [-0.2, -0.15) is 10.6 Å². The van der Waals surface area contributed by atoms with Crippen molar-refractivity contribution in [3.8, 4) is 0 Å². The molecule has 0 saturated carbocycles. The Hall–Kier alpha value is -7.55. The van der Waals surface area contributed by atoms with Crippen LogP contribution in [0.2, 0.25) is 0 Å². The Bertz CT molecular complexity index is 2870. The highest BCUT2D eigenvalue weighted by Gasteiger charge is 2.34. The number of carboxylic acid groups (broad SMARTS) is 1. The molecule has 3 saturated heterocycles. The summed E-state index contributed by atoms with van der Waals surface area (Å²) in [6.45, 7) is 19.7. The molecule has 27 nitrogen and oxygen atoms in total. The lowest BCUT2D eigenvalue weighted by atomic mass is 10.00. The van der Waals surface area contributed by atoms with E-state index in [0.717, 1.165) is 75.5 Å². The molecule has 0 bridgehead atoms. The molecule has 3 fully saturated rings. The van der Waals surface area contributed by atoms with Crippen LogP contribution >= 0.6 is 11.8 Å². The molecule has 0 spiro atoms. The monoisotopic (exact) mass is 1100 g/mol. The molecule has 77 heavy (non-hydrogen) atoms. The number of nitrogens with two attached hydrogens (primary N) is 1. The second kappa shape index (κ2) is 30.3. The number of carboxylic acids is 1. The molecule has 1 unspecified atom stereocenters. The quantitative estimate of drug-likeness (QED) is 0.0211. The molecule has 28 heteroatoms. The zero-order valence-electron chi connectivity index (χ0n) is 45.7. The van der Waals surface area contributed by atoms with Crippen LogP contribution in [0, 0.1) is 25.3 Å². The number of amides is 2. The van der Waals surface area contributed by atoms with Crippen molar-refractivity contribution in [3.05, 3.63) is 79.5 Å². The zero-order valence-corrected chi connectivity index (χ0v) is 46.5. The number of esters is 1. The predicted octanol–water partition coefficient (Wildman–Crippen LogP) is 8.02. The lowest BCUT2D eigenvalue weighted by Crippen LogP contribution is -2.42. The summed E-state index contributed by atoms with van der Waals surface area (Å²) in [5.41, 5.74) is 15.6. The highest BCUT2D eigenvalue weighted by Crippen LogP contribution is 2.33. The molecule has 0 aromatic carbocycles. The van der Waals surface area contributed by atoms with Crippen molar-refractivity contribution in [2.45, 2.75) is 156 Å². The molecule has 8 heterocycles. The van der Waals surface area contributed by atoms with Crippen molar-refractivity contribution in [1.82, 2.24) is 54.5 Å². The SMILES string of the molecule is CC(=O)O.CC(C)(C)OC(=O)N1CCCC[C@H]1c1cc(N)n[nH]1.COC(=O)C(C)C=O.Cc1cnc2cc([C@@H]3CCCCN3)[nH]n2c1=O.Cc1cnc2cc([C@@H]3CCCCN3C(=O)OC(C)(C)C)[nH]n2c1=O.N=NN=NCl. The number of nitrogens with one attached hydrogen (secondary N) is 5. The molecule has 0 radical (unpaired) electrons. The first-order chi connectivity index (χ1) is 36.2. The number of aromatic amines is 3. The van der Waals surface area contributed by atoms with Crippen LogP contribution in [0.3, 0.4) is 0 Å². The smallest absolute Gasteiger partial charge is 0.410 e. The van der Waals surface area contributed by atoms with E-state index in [-0.39, 0.29) is 35.4 Å². The molecular weight excluding hydrogens is 1020 g/mol. The van der Waals surface area contributed by atoms with E-state index in [0.29, 0.717) is 53.7 Å². The van der Waals surface area contributed by atoms with Gasteiger partial charge in [-0.05, 0) is 131 Å². The number of carbonyl (C=O) groups excluding carboxylic acids is 4. The van der Waals surface area contributed by atoms with Crippen molar-refractivity contribution in [3.63, 3.8) is 0 Å². The molecule has 424 valence electrons. The third-order valence-electron chi connectivity index (χ3n) is 11.5. The van der Waals surface area contributed by atoms with Crippen molar-refractivity contribution >= 4 is 59.3 Å². The number of halogens is 1. The minimum atomic E-state index is -0.833. The number of anilines is 1. The van der Waals surface area contributed by atoms with Gasteiger partial charge >= 0.3 is 18.2 Å². The minimum absolute atomic E-state index is 0.0166. The fourth-order valence-corrected chi connectivity index (χ4v) is 8.00. The molecule has 3 aliphatic rings. The largest absolute Gasteiger partial charge is 0.481 e. The van der Waals surface area contributed by atoms with Crippen LogP contribution in [0.1, 0.15) is 160 Å². The van der Waals surface area contributed by atoms with Crippen molar-refractivity contribution < 1.29 is 43.3 Å². The number of hydrogen-bond acceptors (Lipinski definition) is 17. The lowest BCUT2D eigenvalue weighted by molar-refractivity contribution is -0.146. The molecule has 5 aromatic heterocycles. The first-order valence-electron chi connectivity index (χ1n) is 25.0. The van der Waals surface area contributed by atoms with Gasteiger partial charge < -0.3 is 35.2 Å². The molecule has 2 amide bonds. The van der Waals surface area contributed by atoms with E-state index < -0.39 is 29.1 Å². The van der Waals surface area contributed by atoms with Crippen LogP contribution in [0.5, 0.6) is 0 Å². The van der Waals surface area contributed by atoms with E-state index >= 15 is 0 Å². The van der Waals surface area contributed by atoms with Gasteiger partial charge in [0.25, 0.3) is 17.1 Å². The Morgan fingerprint density at radius 1 is 0.805 bits per heavy atom. The third-order valence-corrected chi connectivity index (χ3v) is 11.6. The number of H-pyrrole nitrogens is 3. The Labute approximate surface area is 450 Å².